The van der Waals surface area contributed by atoms with Gasteiger partial charge in [-0.25, -0.2) is 0 Å². The minimum atomic E-state index is 0.359. The molecule has 0 amide bonds. The van der Waals surface area contributed by atoms with Gasteiger partial charge >= 0.3 is 5.70 Å². The molecule has 0 spiro atoms. The van der Waals surface area contributed by atoms with E-state index >= 15 is 0 Å². The quantitative estimate of drug-likeness (QED) is 0.138. The molecule has 3 aliphatic rings. The largest absolute Gasteiger partial charge is 0.494 e. The molecule has 0 aromatic heterocycles. The van der Waals surface area contributed by atoms with E-state index in [0.29, 0.717) is 6.10 Å². The average Bonchev–Trinajstić information content (AvgIpc) is 3.85. The summed E-state index contributed by atoms with van der Waals surface area (Å²) >= 11 is 0. The smallest absolute Gasteiger partial charge is 0.304 e. The number of hydrogen-bond donors (Lipinski definition) is 0. The van der Waals surface area contributed by atoms with Crippen LogP contribution >= 0.6 is 0 Å². The van der Waals surface area contributed by atoms with E-state index in [2.05, 4.69) is 49.8 Å². The monoisotopic (exact) mass is 602 g/mol. The first-order chi connectivity index (χ1) is 21.6. The van der Waals surface area contributed by atoms with E-state index in [0.717, 1.165) is 55.6 Å². The van der Waals surface area contributed by atoms with E-state index in [1.807, 2.05) is 81.6 Å². The Bertz CT molecular complexity index is 1140. The number of aryl methyl sites for hydroxylation is 1. The lowest BCUT2D eigenvalue weighted by atomic mass is 9.87. The molecule has 0 saturated heterocycles. The van der Waals surface area contributed by atoms with Crippen molar-refractivity contribution in [3.8, 4) is 11.5 Å². The van der Waals surface area contributed by atoms with Gasteiger partial charge in [0.05, 0.1) is 12.7 Å². The Balaban J connectivity index is 0.000000250. The van der Waals surface area contributed by atoms with Gasteiger partial charge in [-0.2, -0.15) is 4.58 Å². The second-order valence-electron chi connectivity index (χ2n) is 11.5. The van der Waals surface area contributed by atoms with Crippen LogP contribution in [0.1, 0.15) is 104 Å². The number of benzene rings is 2. The number of hydrogen-bond acceptors (Lipinski definition) is 3. The van der Waals surface area contributed by atoms with Crippen LogP contribution in [0.3, 0.4) is 0 Å². The van der Waals surface area contributed by atoms with Gasteiger partial charge in [0.1, 0.15) is 18.0 Å². The van der Waals surface area contributed by atoms with Gasteiger partial charge in [0.2, 0.25) is 6.21 Å². The van der Waals surface area contributed by atoms with Crippen LogP contribution in [0, 0.1) is 12.8 Å². The van der Waals surface area contributed by atoms with Crippen molar-refractivity contribution in [1.29, 1.82) is 0 Å². The van der Waals surface area contributed by atoms with Crippen LogP contribution in [0.25, 0.3) is 0 Å². The van der Waals surface area contributed by atoms with Gasteiger partial charge in [0.25, 0.3) is 0 Å². The molecule has 0 N–H and O–H groups in total. The SMILES string of the molecule is CC.CC1=CC=CCC1.CCC(CCO/C=C1C=[N+]\1CC)OCCC1CCCCC1.Cc1ccccc1Oc1ccccc1. The molecule has 1 saturated carbocycles. The van der Waals surface area contributed by atoms with Crippen LogP contribution in [-0.2, 0) is 9.47 Å². The molecule has 0 radical (unpaired) electrons. The van der Waals surface area contributed by atoms with Gasteiger partial charge in [0, 0.05) is 13.0 Å². The lowest BCUT2D eigenvalue weighted by molar-refractivity contribution is -0.400. The van der Waals surface area contributed by atoms with Crippen LogP contribution in [0.2, 0.25) is 0 Å². The summed E-state index contributed by atoms with van der Waals surface area (Å²) in [6.45, 7) is 15.3. The lowest BCUT2D eigenvalue weighted by Gasteiger charge is -2.23. The molecule has 1 aliphatic heterocycles. The molecule has 1 unspecified atom stereocenters. The van der Waals surface area contributed by atoms with Gasteiger partial charge in [-0.3, -0.25) is 0 Å². The summed E-state index contributed by atoms with van der Waals surface area (Å²) in [5, 5.41) is 0. The van der Waals surface area contributed by atoms with Gasteiger partial charge in [0.15, 0.2) is 6.26 Å². The van der Waals surface area contributed by atoms with Gasteiger partial charge in [-0.15, -0.1) is 0 Å². The van der Waals surface area contributed by atoms with Crippen LogP contribution in [-0.4, -0.2) is 36.7 Å². The predicted molar refractivity (Wildman–Crippen MR) is 188 cm³/mol. The van der Waals surface area contributed by atoms with Crippen LogP contribution in [0.15, 0.2) is 90.4 Å². The first kappa shape index (κ1) is 37.1. The van der Waals surface area contributed by atoms with Crippen molar-refractivity contribution in [1.82, 2.24) is 0 Å². The zero-order valence-corrected chi connectivity index (χ0v) is 28.6. The standard InChI is InChI=1S/C18H32NO2.C13H12O.C7H10.C2H6/c1-3-18(11-12-20-15-17-14-19(17)4-2)21-13-10-16-8-6-5-7-9-16;1-11-7-5-6-10-13(11)14-12-8-3-2-4-9-12;1-7-5-3-2-4-6-7;1-2/h14-16,18H,3-13H2,1-2H3;2-10H,1H3;2-3,5H,4,6H2,1H3;1-2H3/q+1;;;/b17-15+;;;. The van der Waals surface area contributed by atoms with Crippen LogP contribution in [0.5, 0.6) is 11.5 Å². The Kier molecular flexibility index (Phi) is 19.6. The Labute approximate surface area is 269 Å². The molecule has 1 atom stereocenters. The van der Waals surface area contributed by atoms with Gasteiger partial charge < -0.3 is 14.2 Å². The lowest BCUT2D eigenvalue weighted by Crippen LogP contribution is -2.17. The Morgan fingerprint density at radius 2 is 1.64 bits per heavy atom. The zero-order chi connectivity index (χ0) is 31.8. The molecule has 4 heteroatoms. The molecule has 2 aromatic rings. The van der Waals surface area contributed by atoms with E-state index in [4.69, 9.17) is 14.2 Å². The van der Waals surface area contributed by atoms with Gasteiger partial charge in [-0.1, -0.05) is 113 Å². The third kappa shape index (κ3) is 16.1. The zero-order valence-electron chi connectivity index (χ0n) is 28.6. The summed E-state index contributed by atoms with van der Waals surface area (Å²) in [6.07, 6.45) is 23.8. The molecular weight excluding hydrogens is 542 g/mol. The molecule has 1 heterocycles. The van der Waals surface area contributed by atoms with Gasteiger partial charge in [-0.05, 0) is 76.1 Å². The number of para-hydroxylation sites is 2. The van der Waals surface area contributed by atoms with Crippen LogP contribution < -0.4 is 4.74 Å². The van der Waals surface area contributed by atoms with Crippen LogP contribution in [0.4, 0.5) is 0 Å². The minimum Gasteiger partial charge on any atom is -0.494 e. The molecule has 0 bridgehead atoms. The van der Waals surface area contributed by atoms with E-state index in [9.17, 15) is 0 Å². The first-order valence-corrected chi connectivity index (χ1v) is 17.2. The third-order valence-corrected chi connectivity index (χ3v) is 8.00. The average molecular weight is 603 g/mol. The highest BCUT2D eigenvalue weighted by atomic mass is 16.5. The minimum absolute atomic E-state index is 0.359. The topological polar surface area (TPSA) is 30.7 Å². The highest BCUT2D eigenvalue weighted by molar-refractivity contribution is 5.80. The number of allylic oxidation sites excluding steroid dienone is 5. The van der Waals surface area contributed by atoms with Crippen molar-refractivity contribution >= 4 is 6.21 Å². The summed E-state index contributed by atoms with van der Waals surface area (Å²) < 4.78 is 19.5. The summed E-state index contributed by atoms with van der Waals surface area (Å²) in [6, 6.07) is 17.8. The van der Waals surface area contributed by atoms with Crippen molar-refractivity contribution < 1.29 is 18.8 Å². The second-order valence-corrected chi connectivity index (χ2v) is 11.5. The number of rotatable bonds is 12. The normalized spacial score (nSPS) is 16.9. The fourth-order valence-electron chi connectivity index (χ4n) is 5.14. The maximum absolute atomic E-state index is 6.04. The van der Waals surface area contributed by atoms with Crippen molar-refractivity contribution in [2.24, 2.45) is 5.92 Å². The Morgan fingerprint density at radius 3 is 2.23 bits per heavy atom. The Morgan fingerprint density at radius 1 is 0.909 bits per heavy atom. The molecule has 1 fully saturated rings. The molecule has 4 nitrogen and oxygen atoms in total. The molecule has 5 rings (SSSR count). The summed E-state index contributed by atoms with van der Waals surface area (Å²) in [5.41, 5.74) is 3.86. The third-order valence-electron chi connectivity index (χ3n) is 8.00. The fourth-order valence-corrected chi connectivity index (χ4v) is 5.14. The second kappa shape index (κ2) is 23.3. The fraction of sp³-hybridized carbons (Fsp3) is 0.525. The number of ether oxygens (including phenoxy) is 3. The molecule has 44 heavy (non-hydrogen) atoms. The summed E-state index contributed by atoms with van der Waals surface area (Å²) in [7, 11) is 0. The van der Waals surface area contributed by atoms with Crippen molar-refractivity contribution in [2.75, 3.05) is 19.8 Å². The number of nitrogens with zero attached hydrogens (tertiary/aromatic N) is 1. The van der Waals surface area contributed by atoms with E-state index in [1.54, 1.807) is 0 Å². The maximum atomic E-state index is 6.04. The van der Waals surface area contributed by atoms with E-state index in [-0.39, 0.29) is 0 Å². The molecule has 2 aromatic carbocycles. The summed E-state index contributed by atoms with van der Waals surface area (Å²) in [4.78, 5) is 0. The highest BCUT2D eigenvalue weighted by Crippen LogP contribution is 2.26. The van der Waals surface area contributed by atoms with E-state index < -0.39 is 0 Å². The van der Waals surface area contributed by atoms with Crippen molar-refractivity contribution in [3.05, 3.63) is 95.9 Å². The van der Waals surface area contributed by atoms with Crippen molar-refractivity contribution in [3.63, 3.8) is 0 Å². The predicted octanol–water partition coefficient (Wildman–Crippen LogP) is 11.2. The molecule has 242 valence electrons. The van der Waals surface area contributed by atoms with E-state index in [1.165, 1.54) is 62.6 Å². The molecular formula is C40H60NO3+. The summed E-state index contributed by atoms with van der Waals surface area (Å²) in [5.74, 6) is 2.71. The highest BCUT2D eigenvalue weighted by Gasteiger charge is 2.26. The van der Waals surface area contributed by atoms with Crippen molar-refractivity contribution in [2.45, 2.75) is 112 Å². The molecule has 2 aliphatic carbocycles. The Hall–Kier alpha value is -3.11. The first-order valence-electron chi connectivity index (χ1n) is 17.2. The maximum Gasteiger partial charge on any atom is 0.304 e.